The molecular formula is H12AlN3O4S. The van der Waals surface area contributed by atoms with Crippen LogP contribution in [-0.4, -0.2) is 34.9 Å². The van der Waals surface area contributed by atoms with Crippen molar-refractivity contribution < 1.29 is 17.5 Å². The van der Waals surface area contributed by atoms with Gasteiger partial charge in [-0.1, -0.05) is 0 Å². The minimum atomic E-state index is -4.67. The van der Waals surface area contributed by atoms with Gasteiger partial charge in [0, 0.05) is 0 Å². The number of nitrogens with two attached hydrogens (primary N) is 2. The molecule has 0 aliphatic rings. The quantitative estimate of drug-likeness (QED) is 0.115. The lowest BCUT2D eigenvalue weighted by Gasteiger charge is -1.68. The molecule has 0 unspecified atom stereocenters. The Balaban J connectivity index is -0.0000000286. The molecule has 0 saturated heterocycles. The van der Waals surface area contributed by atoms with Crippen molar-refractivity contribution in [2.24, 2.45) is 11.7 Å². The summed E-state index contributed by atoms with van der Waals surface area (Å²) in [6, 6.07) is 0. The summed E-state index contributed by atoms with van der Waals surface area (Å²) in [6.07, 6.45) is 0. The zero-order valence-corrected chi connectivity index (χ0v) is 4.80. The molecule has 60 valence electrons. The monoisotopic (exact) mass is 177 g/mol. The van der Waals surface area contributed by atoms with Gasteiger partial charge < -0.3 is 6.15 Å². The first kappa shape index (κ1) is 22.8. The molecule has 0 saturated carbocycles. The summed E-state index contributed by atoms with van der Waals surface area (Å²) < 4.78 is 31.6. The molecule has 0 aliphatic heterocycles. The molecule has 0 bridgehead atoms. The van der Waals surface area contributed by atoms with E-state index in [2.05, 4.69) is 11.7 Å². The minimum Gasteiger partial charge on any atom is -0.344 e. The molecule has 9 heavy (non-hydrogen) atoms. The fourth-order valence-electron chi connectivity index (χ4n) is 0. The van der Waals surface area contributed by atoms with Gasteiger partial charge in [0.25, 0.3) is 0 Å². The Hall–Kier alpha value is 0.282. The molecule has 0 heterocycles. The van der Waals surface area contributed by atoms with Crippen LogP contribution in [0.3, 0.4) is 0 Å². The summed E-state index contributed by atoms with van der Waals surface area (Å²) in [5, 5.41) is 0. The molecular weight excluding hydrogens is 165 g/mol. The predicted octanol–water partition coefficient (Wildman–Crippen LogP) is -2.86. The third-order valence-electron chi connectivity index (χ3n) is 0. The average molecular weight is 177 g/mol. The number of rotatable bonds is 0. The van der Waals surface area contributed by atoms with Crippen molar-refractivity contribution in [1.82, 2.24) is 6.15 Å². The van der Waals surface area contributed by atoms with Crippen LogP contribution in [0.2, 0.25) is 0 Å². The zero-order chi connectivity index (χ0) is 6.50. The first-order chi connectivity index (χ1) is 3.00. The Morgan fingerprint density at radius 1 is 1.11 bits per heavy atom. The minimum absolute atomic E-state index is 0. The van der Waals surface area contributed by atoms with E-state index in [0.717, 1.165) is 0 Å². The van der Waals surface area contributed by atoms with Gasteiger partial charge in [0.05, 0.1) is 0 Å². The van der Waals surface area contributed by atoms with Crippen molar-refractivity contribution >= 4 is 27.8 Å². The molecule has 9 heteroatoms. The summed E-state index contributed by atoms with van der Waals surface area (Å²) in [6.45, 7) is 0. The van der Waals surface area contributed by atoms with Crippen molar-refractivity contribution in [3.05, 3.63) is 0 Å². The first-order valence-electron chi connectivity index (χ1n) is 1.03. The molecule has 0 amide bonds. The SMILES string of the molecule is N.NN.O=S(=O)(O)O.[AlH3]. The third kappa shape index (κ3) is 4100. The number of hydrogen-bond donors (Lipinski definition) is 5. The Labute approximate surface area is 63.7 Å². The van der Waals surface area contributed by atoms with Gasteiger partial charge in [-0.2, -0.15) is 8.42 Å². The molecule has 0 aliphatic carbocycles. The van der Waals surface area contributed by atoms with Crippen LogP contribution in [-0.2, 0) is 10.4 Å². The van der Waals surface area contributed by atoms with E-state index in [-0.39, 0.29) is 23.5 Å². The molecule has 0 aromatic carbocycles. The highest BCUT2D eigenvalue weighted by atomic mass is 32.3. The Morgan fingerprint density at radius 3 is 1.11 bits per heavy atom. The molecule has 0 rings (SSSR count). The van der Waals surface area contributed by atoms with Crippen LogP contribution in [0.1, 0.15) is 0 Å². The van der Waals surface area contributed by atoms with E-state index < -0.39 is 10.4 Å². The van der Waals surface area contributed by atoms with E-state index in [1.165, 1.54) is 0 Å². The summed E-state index contributed by atoms with van der Waals surface area (Å²) in [4.78, 5) is 0. The van der Waals surface area contributed by atoms with Crippen LogP contribution < -0.4 is 17.8 Å². The van der Waals surface area contributed by atoms with Crippen LogP contribution in [0.4, 0.5) is 0 Å². The normalized spacial score (nSPS) is 7.11. The largest absolute Gasteiger partial charge is 0.394 e. The number of hydrogen-bond acceptors (Lipinski definition) is 5. The summed E-state index contributed by atoms with van der Waals surface area (Å²) in [7, 11) is -4.67. The van der Waals surface area contributed by atoms with Crippen LogP contribution in [0.5, 0.6) is 0 Å². The Bertz CT molecular complexity index is 99.0. The molecule has 0 atom stereocenters. The topological polar surface area (TPSA) is 162 Å². The fraction of sp³-hybridized carbons (Fsp3) is 0. The smallest absolute Gasteiger partial charge is 0.344 e. The van der Waals surface area contributed by atoms with Crippen molar-refractivity contribution in [1.29, 1.82) is 0 Å². The fourth-order valence-corrected chi connectivity index (χ4v) is 0. The predicted molar refractivity (Wildman–Crippen MR) is 37.5 cm³/mol. The van der Waals surface area contributed by atoms with E-state index in [1.54, 1.807) is 0 Å². The molecule has 0 spiro atoms. The van der Waals surface area contributed by atoms with Gasteiger partial charge in [0.2, 0.25) is 0 Å². The van der Waals surface area contributed by atoms with Gasteiger partial charge in [0.15, 0.2) is 17.4 Å². The maximum absolute atomic E-state index is 8.74. The molecule has 0 radical (unpaired) electrons. The van der Waals surface area contributed by atoms with Gasteiger partial charge >= 0.3 is 10.4 Å². The summed E-state index contributed by atoms with van der Waals surface area (Å²) in [5.74, 6) is 8.00. The van der Waals surface area contributed by atoms with Crippen LogP contribution in [0.25, 0.3) is 0 Å². The highest BCUT2D eigenvalue weighted by Crippen LogP contribution is 1.59. The van der Waals surface area contributed by atoms with Gasteiger partial charge in [-0.15, -0.1) is 0 Å². The van der Waals surface area contributed by atoms with Crippen molar-refractivity contribution in [2.45, 2.75) is 0 Å². The third-order valence-corrected chi connectivity index (χ3v) is 0. The lowest BCUT2D eigenvalue weighted by Crippen LogP contribution is -2.02. The zero-order valence-electron chi connectivity index (χ0n) is 3.98. The van der Waals surface area contributed by atoms with E-state index in [0.29, 0.717) is 0 Å². The second kappa shape index (κ2) is 11.1. The van der Waals surface area contributed by atoms with Crippen LogP contribution in [0.15, 0.2) is 0 Å². The molecule has 9 N–H and O–H groups in total. The highest BCUT2D eigenvalue weighted by Gasteiger charge is 1.84. The average Bonchev–Trinajstić information content (AvgIpc) is 1.36. The van der Waals surface area contributed by atoms with Gasteiger partial charge in [-0.25, -0.2) is 0 Å². The van der Waals surface area contributed by atoms with Crippen LogP contribution in [0, 0.1) is 0 Å². The maximum Gasteiger partial charge on any atom is 0.394 e. The Kier molecular flexibility index (Phi) is 28.2. The van der Waals surface area contributed by atoms with Crippen molar-refractivity contribution in [3.63, 3.8) is 0 Å². The van der Waals surface area contributed by atoms with Gasteiger partial charge in [-0.05, 0) is 0 Å². The van der Waals surface area contributed by atoms with Gasteiger partial charge in [0.1, 0.15) is 0 Å². The molecule has 0 fully saturated rings. The van der Waals surface area contributed by atoms with E-state index in [9.17, 15) is 0 Å². The van der Waals surface area contributed by atoms with E-state index in [1.807, 2.05) is 0 Å². The second-order valence-electron chi connectivity index (χ2n) is 0.448. The summed E-state index contributed by atoms with van der Waals surface area (Å²) in [5.41, 5.74) is 0. The van der Waals surface area contributed by atoms with E-state index >= 15 is 0 Å². The first-order valence-corrected chi connectivity index (χ1v) is 2.43. The van der Waals surface area contributed by atoms with Crippen molar-refractivity contribution in [2.75, 3.05) is 0 Å². The Morgan fingerprint density at radius 2 is 1.11 bits per heavy atom. The maximum atomic E-state index is 8.74. The molecule has 7 nitrogen and oxygen atoms in total. The van der Waals surface area contributed by atoms with Crippen molar-refractivity contribution in [3.8, 4) is 0 Å². The van der Waals surface area contributed by atoms with Gasteiger partial charge in [-0.3, -0.25) is 20.8 Å². The van der Waals surface area contributed by atoms with E-state index in [4.69, 9.17) is 17.5 Å². The highest BCUT2D eigenvalue weighted by molar-refractivity contribution is 7.79. The summed E-state index contributed by atoms with van der Waals surface area (Å²) >= 11 is 0. The molecule has 0 aromatic rings. The number of hydrazine groups is 1. The van der Waals surface area contributed by atoms with Crippen LogP contribution >= 0.6 is 0 Å². The second-order valence-corrected chi connectivity index (χ2v) is 1.34. The lowest BCUT2D eigenvalue weighted by atomic mass is 13.0. The standard InChI is InChI=1S/Al.H4N2.H3N.H2O4S.3H/c;1-2;;1-5(2,3)4;;;/h;1-2H2;1H3;(H2,1,2,3,4);;;. The lowest BCUT2D eigenvalue weighted by molar-refractivity contribution is 0.381. The molecule has 0 aromatic heterocycles.